The molecule has 200 valence electrons. The van der Waals surface area contributed by atoms with Crippen molar-refractivity contribution in [1.82, 2.24) is 14.1 Å². The normalized spacial score (nSPS) is 14.5. The van der Waals surface area contributed by atoms with Crippen LogP contribution in [0.5, 0.6) is 0 Å². The molecule has 0 bridgehead atoms. The molecule has 2 amide bonds. The Labute approximate surface area is 228 Å². The minimum Gasteiger partial charge on any atom is -0.336 e. The molecule has 0 unspecified atom stereocenters. The van der Waals surface area contributed by atoms with E-state index >= 15 is 0 Å². The van der Waals surface area contributed by atoms with Crippen molar-refractivity contribution in [2.45, 2.75) is 18.4 Å². The lowest BCUT2D eigenvalue weighted by atomic mass is 10.1. The lowest BCUT2D eigenvalue weighted by Crippen LogP contribution is -2.47. The fraction of sp³-hybridized carbons (Fsp3) is 0.286. The molecule has 0 saturated carbocycles. The highest BCUT2D eigenvalue weighted by Gasteiger charge is 2.28. The molecule has 1 aliphatic rings. The first kappa shape index (κ1) is 27.8. The molecule has 0 radical (unpaired) electrons. The average molecular weight is 555 g/mol. The lowest BCUT2D eigenvalue weighted by Gasteiger charge is -2.32. The van der Waals surface area contributed by atoms with Crippen molar-refractivity contribution < 1.29 is 18.0 Å². The maximum absolute atomic E-state index is 13.5. The quantitative estimate of drug-likeness (QED) is 0.456. The Kier molecular flexibility index (Phi) is 8.83. The second-order valence-electron chi connectivity index (χ2n) is 9.40. The largest absolute Gasteiger partial charge is 0.336 e. The Morgan fingerprint density at radius 3 is 2.18 bits per heavy atom. The number of nitrogens with one attached hydrogen (secondary N) is 1. The minimum absolute atomic E-state index is 0.0499. The van der Waals surface area contributed by atoms with Crippen LogP contribution in [-0.4, -0.2) is 74.1 Å². The third-order valence-corrected chi connectivity index (χ3v) is 8.66. The van der Waals surface area contributed by atoms with Crippen molar-refractivity contribution in [2.75, 3.05) is 45.1 Å². The van der Waals surface area contributed by atoms with Crippen LogP contribution >= 0.6 is 11.6 Å². The van der Waals surface area contributed by atoms with Gasteiger partial charge in [-0.3, -0.25) is 9.59 Å². The van der Waals surface area contributed by atoms with Gasteiger partial charge in [0.2, 0.25) is 15.9 Å². The number of halogens is 1. The van der Waals surface area contributed by atoms with Gasteiger partial charge in [0, 0.05) is 49.0 Å². The summed E-state index contributed by atoms with van der Waals surface area (Å²) in [6.07, 6.45) is 0. The molecule has 1 saturated heterocycles. The number of carbonyl (C=O) groups is 2. The topological polar surface area (TPSA) is 90.0 Å². The number of amides is 2. The number of benzene rings is 3. The van der Waals surface area contributed by atoms with Gasteiger partial charge in [-0.15, -0.1) is 0 Å². The molecule has 10 heteroatoms. The zero-order valence-electron chi connectivity index (χ0n) is 21.4. The van der Waals surface area contributed by atoms with Crippen molar-refractivity contribution >= 4 is 39.1 Å². The first-order valence-electron chi connectivity index (χ1n) is 12.3. The fourth-order valence-electron chi connectivity index (χ4n) is 4.15. The summed E-state index contributed by atoms with van der Waals surface area (Å²) in [6.45, 7) is 4.39. The van der Waals surface area contributed by atoms with Gasteiger partial charge >= 0.3 is 0 Å². The van der Waals surface area contributed by atoms with Gasteiger partial charge < -0.3 is 15.1 Å². The van der Waals surface area contributed by atoms with E-state index in [4.69, 9.17) is 11.6 Å². The van der Waals surface area contributed by atoms with Crippen LogP contribution in [0.15, 0.2) is 77.7 Å². The van der Waals surface area contributed by atoms with Crippen LogP contribution in [0, 0.1) is 6.92 Å². The number of sulfonamides is 1. The van der Waals surface area contributed by atoms with Gasteiger partial charge in [-0.1, -0.05) is 47.5 Å². The number of carbonyl (C=O) groups excluding carboxylic acids is 2. The summed E-state index contributed by atoms with van der Waals surface area (Å²) in [4.78, 5) is 29.9. The van der Waals surface area contributed by atoms with Crippen molar-refractivity contribution in [3.8, 4) is 0 Å². The van der Waals surface area contributed by atoms with Crippen molar-refractivity contribution in [3.63, 3.8) is 0 Å². The molecule has 38 heavy (non-hydrogen) atoms. The number of piperazine rings is 1. The van der Waals surface area contributed by atoms with E-state index in [0.29, 0.717) is 34.9 Å². The fourth-order valence-corrected chi connectivity index (χ4v) is 5.72. The first-order valence-corrected chi connectivity index (χ1v) is 14.1. The number of likely N-dealkylation sites (N-methyl/N-ethyl adjacent to an activating group) is 1. The summed E-state index contributed by atoms with van der Waals surface area (Å²) in [6, 6.07) is 20.0. The number of hydrogen-bond donors (Lipinski definition) is 1. The molecule has 4 rings (SSSR count). The van der Waals surface area contributed by atoms with E-state index in [-0.39, 0.29) is 17.3 Å². The van der Waals surface area contributed by atoms with E-state index in [2.05, 4.69) is 10.2 Å². The van der Waals surface area contributed by atoms with Crippen LogP contribution in [0.25, 0.3) is 0 Å². The predicted octanol–water partition coefficient (Wildman–Crippen LogP) is 3.87. The molecule has 0 aliphatic carbocycles. The monoisotopic (exact) mass is 554 g/mol. The predicted molar refractivity (Wildman–Crippen MR) is 149 cm³/mol. The lowest BCUT2D eigenvalue weighted by molar-refractivity contribution is -0.116. The number of hydrogen-bond acceptors (Lipinski definition) is 5. The molecule has 3 aromatic carbocycles. The van der Waals surface area contributed by atoms with E-state index in [1.165, 1.54) is 12.1 Å². The van der Waals surface area contributed by atoms with E-state index in [0.717, 1.165) is 23.0 Å². The summed E-state index contributed by atoms with van der Waals surface area (Å²) in [5, 5.41) is 3.16. The van der Waals surface area contributed by atoms with Gasteiger partial charge in [0.1, 0.15) is 0 Å². The molecule has 1 fully saturated rings. The van der Waals surface area contributed by atoms with E-state index in [9.17, 15) is 18.0 Å². The van der Waals surface area contributed by atoms with E-state index < -0.39 is 22.5 Å². The van der Waals surface area contributed by atoms with Gasteiger partial charge in [-0.2, -0.15) is 4.31 Å². The number of anilines is 1. The molecule has 1 aliphatic heterocycles. The summed E-state index contributed by atoms with van der Waals surface area (Å²) < 4.78 is 28.1. The SMILES string of the molecule is Cc1ccc(S(=O)(=O)N(CC(=O)Nc2ccc(C(=O)N3CCN(C)CC3)cc2)Cc2ccccc2Cl)cc1. The van der Waals surface area contributed by atoms with Crippen LogP contribution in [0.3, 0.4) is 0 Å². The Morgan fingerprint density at radius 2 is 1.55 bits per heavy atom. The van der Waals surface area contributed by atoms with Crippen LogP contribution in [0.1, 0.15) is 21.5 Å². The second kappa shape index (κ2) is 12.1. The van der Waals surface area contributed by atoms with Gasteiger partial charge in [0.15, 0.2) is 0 Å². The third kappa shape index (κ3) is 6.79. The first-order chi connectivity index (χ1) is 18.1. The summed E-state index contributed by atoms with van der Waals surface area (Å²) >= 11 is 6.30. The maximum atomic E-state index is 13.5. The zero-order valence-corrected chi connectivity index (χ0v) is 23.0. The Balaban J connectivity index is 1.48. The summed E-state index contributed by atoms with van der Waals surface area (Å²) in [5.41, 5.74) is 2.52. The van der Waals surface area contributed by atoms with Crippen LogP contribution in [-0.2, 0) is 21.4 Å². The molecular weight excluding hydrogens is 524 g/mol. The van der Waals surface area contributed by atoms with Crippen molar-refractivity contribution in [2.24, 2.45) is 0 Å². The Hall–Kier alpha value is -3.24. The van der Waals surface area contributed by atoms with Gasteiger partial charge in [0.25, 0.3) is 5.91 Å². The molecule has 0 atom stereocenters. The van der Waals surface area contributed by atoms with Crippen LogP contribution in [0.4, 0.5) is 5.69 Å². The highest BCUT2D eigenvalue weighted by atomic mass is 35.5. The van der Waals surface area contributed by atoms with Crippen LogP contribution < -0.4 is 5.32 Å². The van der Waals surface area contributed by atoms with Crippen molar-refractivity contribution in [3.05, 3.63) is 94.5 Å². The highest BCUT2D eigenvalue weighted by Crippen LogP contribution is 2.23. The second-order valence-corrected chi connectivity index (χ2v) is 11.7. The zero-order chi connectivity index (χ0) is 27.3. The summed E-state index contributed by atoms with van der Waals surface area (Å²) in [7, 11) is -1.97. The van der Waals surface area contributed by atoms with Crippen molar-refractivity contribution in [1.29, 1.82) is 0 Å². The number of nitrogens with zero attached hydrogens (tertiary/aromatic N) is 3. The molecular formula is C28H31ClN4O4S. The molecule has 8 nitrogen and oxygen atoms in total. The molecule has 0 aromatic heterocycles. The average Bonchev–Trinajstić information content (AvgIpc) is 2.90. The smallest absolute Gasteiger partial charge is 0.253 e. The van der Waals surface area contributed by atoms with Gasteiger partial charge in [-0.25, -0.2) is 8.42 Å². The van der Waals surface area contributed by atoms with E-state index in [1.54, 1.807) is 60.7 Å². The maximum Gasteiger partial charge on any atom is 0.253 e. The summed E-state index contributed by atoms with van der Waals surface area (Å²) in [5.74, 6) is -0.558. The van der Waals surface area contributed by atoms with Gasteiger partial charge in [0.05, 0.1) is 11.4 Å². The number of aryl methyl sites for hydroxylation is 1. The molecule has 1 heterocycles. The Bertz CT molecular complexity index is 1390. The van der Waals surface area contributed by atoms with Crippen LogP contribution in [0.2, 0.25) is 5.02 Å². The van der Waals surface area contributed by atoms with E-state index in [1.807, 2.05) is 18.9 Å². The molecule has 3 aromatic rings. The Morgan fingerprint density at radius 1 is 0.921 bits per heavy atom. The standard InChI is InChI=1S/C28H31ClN4O4S/c1-21-7-13-25(14-8-21)38(36,37)33(19-23-5-3-4-6-26(23)29)20-27(34)30-24-11-9-22(10-12-24)28(35)32-17-15-31(2)16-18-32/h3-14H,15-20H2,1-2H3,(H,30,34). The number of rotatable bonds is 8. The third-order valence-electron chi connectivity index (χ3n) is 6.49. The van der Waals surface area contributed by atoms with Gasteiger partial charge in [-0.05, 0) is 62.0 Å². The molecule has 1 N–H and O–H groups in total. The highest BCUT2D eigenvalue weighted by molar-refractivity contribution is 7.89. The minimum atomic E-state index is -3.99. The molecule has 0 spiro atoms.